The van der Waals surface area contributed by atoms with Gasteiger partial charge in [-0.25, -0.2) is 0 Å². The van der Waals surface area contributed by atoms with Crippen LogP contribution in [0.5, 0.6) is 0 Å². The van der Waals surface area contributed by atoms with Crippen LogP contribution in [-0.4, -0.2) is 33.4 Å². The Hall–Kier alpha value is -2.28. The molecule has 2 aliphatic rings. The van der Waals surface area contributed by atoms with Gasteiger partial charge in [0.05, 0.1) is 11.8 Å². The maximum atomic E-state index is 12.4. The molecule has 1 fully saturated rings. The van der Waals surface area contributed by atoms with Crippen molar-refractivity contribution < 1.29 is 14.1 Å². The van der Waals surface area contributed by atoms with E-state index in [4.69, 9.17) is 4.52 Å². The van der Waals surface area contributed by atoms with E-state index in [1.54, 1.807) is 0 Å². The van der Waals surface area contributed by atoms with Gasteiger partial charge in [-0.2, -0.15) is 4.98 Å². The summed E-state index contributed by atoms with van der Waals surface area (Å²) in [4.78, 5) is 30.6. The van der Waals surface area contributed by atoms with Crippen molar-refractivity contribution in [3.63, 3.8) is 0 Å². The number of allylic oxidation sites excluding steroid dienone is 2. The molecular formula is C18H16BrN3O3. The van der Waals surface area contributed by atoms with Crippen LogP contribution in [0.1, 0.15) is 18.7 Å². The molecule has 1 aliphatic carbocycles. The molecule has 25 heavy (non-hydrogen) atoms. The molecule has 1 saturated heterocycles. The van der Waals surface area contributed by atoms with Gasteiger partial charge in [-0.15, -0.1) is 0 Å². The average molecular weight is 402 g/mol. The number of benzene rings is 1. The van der Waals surface area contributed by atoms with E-state index in [1.165, 1.54) is 4.90 Å². The predicted octanol–water partition coefficient (Wildman–Crippen LogP) is 2.99. The summed E-state index contributed by atoms with van der Waals surface area (Å²) >= 11 is 3.38. The number of nitrogens with zero attached hydrogens (tertiary/aromatic N) is 3. The summed E-state index contributed by atoms with van der Waals surface area (Å²) in [6, 6.07) is 7.60. The summed E-state index contributed by atoms with van der Waals surface area (Å²) in [7, 11) is 0. The minimum atomic E-state index is -0.196. The predicted molar refractivity (Wildman–Crippen MR) is 93.2 cm³/mol. The van der Waals surface area contributed by atoms with E-state index in [2.05, 4.69) is 26.1 Å². The Morgan fingerprint density at radius 1 is 1.08 bits per heavy atom. The lowest BCUT2D eigenvalue weighted by atomic mass is 9.85. The number of likely N-dealkylation sites (tertiary alicyclic amines) is 1. The molecule has 1 aromatic heterocycles. The van der Waals surface area contributed by atoms with Crippen LogP contribution in [0.25, 0.3) is 11.4 Å². The van der Waals surface area contributed by atoms with Gasteiger partial charge < -0.3 is 4.52 Å². The van der Waals surface area contributed by atoms with E-state index in [0.717, 1.165) is 10.0 Å². The largest absolute Gasteiger partial charge is 0.339 e. The van der Waals surface area contributed by atoms with Crippen molar-refractivity contribution in [3.05, 3.63) is 46.8 Å². The SMILES string of the molecule is O=C1[C@H]2CC=CC[C@@H]2C(=O)N1CCc1nc(-c2ccc(Br)cc2)no1. The topological polar surface area (TPSA) is 76.3 Å². The second-order valence-corrected chi connectivity index (χ2v) is 7.17. The summed E-state index contributed by atoms with van der Waals surface area (Å²) in [6.07, 6.45) is 5.64. The van der Waals surface area contributed by atoms with Crippen LogP contribution in [0.3, 0.4) is 0 Å². The van der Waals surface area contributed by atoms with Crippen molar-refractivity contribution in [1.82, 2.24) is 15.0 Å². The van der Waals surface area contributed by atoms with Gasteiger partial charge in [0.25, 0.3) is 0 Å². The maximum Gasteiger partial charge on any atom is 0.233 e. The Morgan fingerprint density at radius 2 is 1.72 bits per heavy atom. The van der Waals surface area contributed by atoms with Crippen LogP contribution >= 0.6 is 15.9 Å². The molecule has 0 radical (unpaired) electrons. The van der Waals surface area contributed by atoms with E-state index in [1.807, 2.05) is 36.4 Å². The molecule has 2 heterocycles. The zero-order chi connectivity index (χ0) is 17.4. The monoisotopic (exact) mass is 401 g/mol. The van der Waals surface area contributed by atoms with Gasteiger partial charge in [-0.05, 0) is 37.1 Å². The minimum absolute atomic E-state index is 0.0769. The zero-order valence-corrected chi connectivity index (χ0v) is 15.0. The summed E-state index contributed by atoms with van der Waals surface area (Å²) in [5.74, 6) is 0.377. The van der Waals surface area contributed by atoms with Gasteiger partial charge in [0.2, 0.25) is 23.5 Å². The standard InChI is InChI=1S/C18H16BrN3O3/c19-12-7-5-11(6-8-12)16-20-15(25-21-16)9-10-22-17(23)13-3-1-2-4-14(13)18(22)24/h1-2,5-8,13-14H,3-4,9-10H2/t13-,14-/m0/s1. The van der Waals surface area contributed by atoms with E-state index in [-0.39, 0.29) is 30.2 Å². The third-order valence-electron chi connectivity index (χ3n) is 4.72. The molecule has 2 aromatic rings. The highest BCUT2D eigenvalue weighted by molar-refractivity contribution is 9.10. The number of carbonyl (C=O) groups is 2. The summed E-state index contributed by atoms with van der Waals surface area (Å²) in [5, 5.41) is 3.97. The number of imide groups is 1. The molecule has 1 aliphatic heterocycles. The van der Waals surface area contributed by atoms with E-state index >= 15 is 0 Å². The van der Waals surface area contributed by atoms with E-state index in [0.29, 0.717) is 31.0 Å². The third-order valence-corrected chi connectivity index (χ3v) is 5.25. The number of hydrogen-bond acceptors (Lipinski definition) is 5. The highest BCUT2D eigenvalue weighted by Crippen LogP contribution is 2.35. The van der Waals surface area contributed by atoms with Crippen molar-refractivity contribution in [2.75, 3.05) is 6.54 Å². The molecule has 0 bridgehead atoms. The number of rotatable bonds is 4. The fraction of sp³-hybridized carbons (Fsp3) is 0.333. The quantitative estimate of drug-likeness (QED) is 0.581. The Kier molecular flexibility index (Phi) is 4.25. The van der Waals surface area contributed by atoms with Crippen molar-refractivity contribution in [3.8, 4) is 11.4 Å². The van der Waals surface area contributed by atoms with Crippen LogP contribution in [0, 0.1) is 11.8 Å². The van der Waals surface area contributed by atoms with Crippen molar-refractivity contribution in [2.45, 2.75) is 19.3 Å². The molecule has 0 spiro atoms. The highest BCUT2D eigenvalue weighted by atomic mass is 79.9. The number of aromatic nitrogens is 2. The smallest absolute Gasteiger partial charge is 0.233 e. The maximum absolute atomic E-state index is 12.4. The molecule has 0 N–H and O–H groups in total. The molecule has 0 saturated carbocycles. The number of fused-ring (bicyclic) bond motifs is 1. The molecule has 2 amide bonds. The number of halogens is 1. The molecule has 0 unspecified atom stereocenters. The lowest BCUT2D eigenvalue weighted by molar-refractivity contribution is -0.139. The number of hydrogen-bond donors (Lipinski definition) is 0. The lowest BCUT2D eigenvalue weighted by Crippen LogP contribution is -2.33. The molecule has 4 rings (SSSR count). The highest BCUT2D eigenvalue weighted by Gasteiger charge is 2.46. The zero-order valence-electron chi connectivity index (χ0n) is 13.4. The second-order valence-electron chi connectivity index (χ2n) is 6.25. The van der Waals surface area contributed by atoms with Crippen LogP contribution in [0.4, 0.5) is 0 Å². The van der Waals surface area contributed by atoms with Crippen LogP contribution in [0.2, 0.25) is 0 Å². The van der Waals surface area contributed by atoms with E-state index in [9.17, 15) is 9.59 Å². The molecule has 2 atom stereocenters. The van der Waals surface area contributed by atoms with Gasteiger partial charge in [0.15, 0.2) is 0 Å². The van der Waals surface area contributed by atoms with Gasteiger partial charge in [0, 0.05) is 23.0 Å². The molecule has 7 heteroatoms. The van der Waals surface area contributed by atoms with Gasteiger partial charge >= 0.3 is 0 Å². The fourth-order valence-electron chi connectivity index (χ4n) is 3.37. The Bertz CT molecular complexity index is 818. The lowest BCUT2D eigenvalue weighted by Gasteiger charge is -2.14. The molecule has 6 nitrogen and oxygen atoms in total. The van der Waals surface area contributed by atoms with E-state index < -0.39 is 0 Å². The van der Waals surface area contributed by atoms with Crippen molar-refractivity contribution >= 4 is 27.7 Å². The fourth-order valence-corrected chi connectivity index (χ4v) is 3.63. The summed E-state index contributed by atoms with van der Waals surface area (Å²) in [6.45, 7) is 0.284. The van der Waals surface area contributed by atoms with Crippen LogP contribution in [0.15, 0.2) is 45.4 Å². The van der Waals surface area contributed by atoms with Crippen LogP contribution in [-0.2, 0) is 16.0 Å². The van der Waals surface area contributed by atoms with Crippen molar-refractivity contribution in [2.24, 2.45) is 11.8 Å². The first-order valence-corrected chi connectivity index (χ1v) is 9.01. The Balaban J connectivity index is 1.43. The first-order chi connectivity index (χ1) is 12.1. The normalized spacial score (nSPS) is 22.5. The summed E-state index contributed by atoms with van der Waals surface area (Å²) in [5.41, 5.74) is 0.851. The molecule has 128 valence electrons. The van der Waals surface area contributed by atoms with Gasteiger partial charge in [0.1, 0.15) is 0 Å². The number of carbonyl (C=O) groups excluding carboxylic acids is 2. The average Bonchev–Trinajstić information content (AvgIpc) is 3.19. The first kappa shape index (κ1) is 16.2. The minimum Gasteiger partial charge on any atom is -0.339 e. The second kappa shape index (κ2) is 6.55. The molecular weight excluding hydrogens is 386 g/mol. The Morgan fingerprint density at radius 3 is 2.36 bits per heavy atom. The first-order valence-electron chi connectivity index (χ1n) is 8.22. The van der Waals surface area contributed by atoms with Crippen molar-refractivity contribution in [1.29, 1.82) is 0 Å². The Labute approximate surface area is 153 Å². The third kappa shape index (κ3) is 3.04. The van der Waals surface area contributed by atoms with Gasteiger partial charge in [-0.1, -0.05) is 33.2 Å². The number of amides is 2. The van der Waals surface area contributed by atoms with Gasteiger partial charge in [-0.3, -0.25) is 14.5 Å². The van der Waals surface area contributed by atoms with Crippen LogP contribution < -0.4 is 0 Å². The summed E-state index contributed by atoms with van der Waals surface area (Å²) < 4.78 is 6.24. The molecule has 1 aromatic carbocycles.